The monoisotopic (exact) mass is 287 g/mol. The number of phenolic OH excluding ortho intramolecular Hbond substituents is 1. The molecule has 0 saturated carbocycles. The Labute approximate surface area is 105 Å². The van der Waals surface area contributed by atoms with Crippen LogP contribution in [0.4, 0.5) is 0 Å². The van der Waals surface area contributed by atoms with Gasteiger partial charge in [0.15, 0.2) is 0 Å². The molecule has 0 aliphatic carbocycles. The van der Waals surface area contributed by atoms with Gasteiger partial charge in [-0.15, -0.1) is 0 Å². The van der Waals surface area contributed by atoms with Gasteiger partial charge in [0.25, 0.3) is 0 Å². The molecule has 0 aliphatic heterocycles. The fourth-order valence-electron chi connectivity index (χ4n) is 1.63. The Morgan fingerprint density at radius 3 is 2.81 bits per heavy atom. The second-order valence-electron chi connectivity index (χ2n) is 3.70. The molecule has 1 aromatic rings. The maximum atomic E-state index is 9.78. The van der Waals surface area contributed by atoms with Crippen molar-refractivity contribution < 1.29 is 10.2 Å². The van der Waals surface area contributed by atoms with Crippen molar-refractivity contribution in [3.63, 3.8) is 0 Å². The zero-order chi connectivity index (χ0) is 12.0. The molecular weight excluding hydrogens is 270 g/mol. The maximum absolute atomic E-state index is 9.78. The summed E-state index contributed by atoms with van der Waals surface area (Å²) in [5, 5.41) is 21.8. The molecule has 4 heteroatoms. The van der Waals surface area contributed by atoms with Gasteiger partial charge >= 0.3 is 0 Å². The van der Waals surface area contributed by atoms with Crippen LogP contribution in [0.15, 0.2) is 22.7 Å². The summed E-state index contributed by atoms with van der Waals surface area (Å²) in [7, 11) is 0. The fraction of sp³-hybridized carbons (Fsp3) is 0.500. The second kappa shape index (κ2) is 6.89. The highest BCUT2D eigenvalue weighted by molar-refractivity contribution is 9.10. The molecule has 0 radical (unpaired) electrons. The lowest BCUT2D eigenvalue weighted by Gasteiger charge is -2.18. The predicted molar refractivity (Wildman–Crippen MR) is 68.5 cm³/mol. The van der Waals surface area contributed by atoms with Crippen LogP contribution in [0.25, 0.3) is 0 Å². The zero-order valence-electron chi connectivity index (χ0n) is 9.41. The Bertz CT molecular complexity index is 331. The summed E-state index contributed by atoms with van der Waals surface area (Å²) in [4.78, 5) is 0. The van der Waals surface area contributed by atoms with Crippen LogP contribution in [0.2, 0.25) is 0 Å². The molecule has 0 saturated heterocycles. The summed E-state index contributed by atoms with van der Waals surface area (Å²) in [5.74, 6) is 0.312. The van der Waals surface area contributed by atoms with Crippen molar-refractivity contribution in [3.05, 3.63) is 28.2 Å². The van der Waals surface area contributed by atoms with Crippen molar-refractivity contribution in [1.82, 2.24) is 5.32 Å². The number of nitrogens with one attached hydrogen (secondary N) is 1. The van der Waals surface area contributed by atoms with Crippen molar-refractivity contribution in [2.75, 3.05) is 13.2 Å². The molecule has 0 bridgehead atoms. The lowest BCUT2D eigenvalue weighted by molar-refractivity contribution is 0.282. The number of hydrogen-bond donors (Lipinski definition) is 3. The van der Waals surface area contributed by atoms with Gasteiger partial charge in [0.05, 0.1) is 0 Å². The molecule has 3 N–H and O–H groups in total. The summed E-state index contributed by atoms with van der Waals surface area (Å²) in [6.45, 7) is 3.01. The first kappa shape index (κ1) is 13.5. The fourth-order valence-corrected chi connectivity index (χ4v) is 2.01. The van der Waals surface area contributed by atoms with E-state index in [1.54, 1.807) is 6.07 Å². The molecule has 3 nitrogen and oxygen atoms in total. The van der Waals surface area contributed by atoms with Crippen LogP contribution in [0.5, 0.6) is 5.75 Å². The average molecular weight is 288 g/mol. The molecule has 0 aromatic heterocycles. The third-order valence-corrected chi connectivity index (χ3v) is 2.99. The number of phenols is 1. The predicted octanol–water partition coefficient (Wildman–Crippen LogP) is 2.58. The highest BCUT2D eigenvalue weighted by Gasteiger charge is 2.12. The van der Waals surface area contributed by atoms with Gasteiger partial charge in [-0.1, -0.05) is 22.9 Å². The minimum atomic E-state index is 0.129. The molecule has 16 heavy (non-hydrogen) atoms. The van der Waals surface area contributed by atoms with E-state index in [0.29, 0.717) is 5.75 Å². The number of aliphatic hydroxyl groups excluding tert-OH is 1. The zero-order valence-corrected chi connectivity index (χ0v) is 11.0. The van der Waals surface area contributed by atoms with Crippen molar-refractivity contribution in [2.45, 2.75) is 25.8 Å². The third kappa shape index (κ3) is 3.77. The highest BCUT2D eigenvalue weighted by atomic mass is 79.9. The van der Waals surface area contributed by atoms with E-state index in [1.807, 2.05) is 12.1 Å². The van der Waals surface area contributed by atoms with Crippen molar-refractivity contribution in [2.24, 2.45) is 0 Å². The van der Waals surface area contributed by atoms with E-state index in [9.17, 15) is 5.11 Å². The number of benzene rings is 1. The standard InChI is InChI=1S/C12H18BrNO2/c1-2-11(14-6-3-7-15)10-8-9(13)4-5-12(10)16/h4-5,8,11,14-16H,2-3,6-7H2,1H3. The van der Waals surface area contributed by atoms with Crippen LogP contribution in [0.3, 0.4) is 0 Å². The minimum Gasteiger partial charge on any atom is -0.508 e. The van der Waals surface area contributed by atoms with Crippen LogP contribution >= 0.6 is 15.9 Å². The maximum Gasteiger partial charge on any atom is 0.120 e. The molecule has 0 spiro atoms. The van der Waals surface area contributed by atoms with Crippen LogP contribution < -0.4 is 5.32 Å². The van der Waals surface area contributed by atoms with Crippen molar-refractivity contribution in [3.8, 4) is 5.75 Å². The molecule has 1 unspecified atom stereocenters. The Morgan fingerprint density at radius 1 is 1.44 bits per heavy atom. The topological polar surface area (TPSA) is 52.5 Å². The summed E-state index contributed by atoms with van der Waals surface area (Å²) in [6.07, 6.45) is 1.63. The molecule has 1 rings (SSSR count). The Morgan fingerprint density at radius 2 is 2.19 bits per heavy atom. The summed E-state index contributed by atoms with van der Waals surface area (Å²) in [5.41, 5.74) is 0.898. The summed E-state index contributed by atoms with van der Waals surface area (Å²) in [6, 6.07) is 5.56. The Kier molecular flexibility index (Phi) is 5.80. The Balaban J connectivity index is 2.73. The van der Waals surface area contributed by atoms with Crippen LogP contribution in [0.1, 0.15) is 31.4 Å². The first-order chi connectivity index (χ1) is 7.69. The van der Waals surface area contributed by atoms with Gasteiger partial charge in [0.1, 0.15) is 5.75 Å². The summed E-state index contributed by atoms with van der Waals surface area (Å²) >= 11 is 3.40. The smallest absolute Gasteiger partial charge is 0.120 e. The van der Waals surface area contributed by atoms with Gasteiger partial charge in [-0.05, 0) is 37.6 Å². The minimum absolute atomic E-state index is 0.129. The lowest BCUT2D eigenvalue weighted by atomic mass is 10.0. The van der Waals surface area contributed by atoms with Crippen molar-refractivity contribution in [1.29, 1.82) is 0 Å². The number of aliphatic hydroxyl groups is 1. The van der Waals surface area contributed by atoms with Gasteiger partial charge in [0.2, 0.25) is 0 Å². The molecule has 90 valence electrons. The molecule has 1 aromatic carbocycles. The SMILES string of the molecule is CCC(NCCCO)c1cc(Br)ccc1O. The number of aromatic hydroxyl groups is 1. The van der Waals surface area contributed by atoms with Gasteiger partial charge in [-0.3, -0.25) is 0 Å². The van der Waals surface area contributed by atoms with Crippen LogP contribution in [-0.2, 0) is 0 Å². The second-order valence-corrected chi connectivity index (χ2v) is 4.61. The molecular formula is C12H18BrNO2. The molecule has 0 heterocycles. The molecule has 0 fully saturated rings. The largest absolute Gasteiger partial charge is 0.508 e. The molecule has 0 amide bonds. The van der Waals surface area contributed by atoms with Crippen molar-refractivity contribution >= 4 is 15.9 Å². The van der Waals surface area contributed by atoms with E-state index < -0.39 is 0 Å². The van der Waals surface area contributed by atoms with Gasteiger partial charge in [-0.25, -0.2) is 0 Å². The Hall–Kier alpha value is -0.580. The molecule has 0 aliphatic rings. The molecule has 1 atom stereocenters. The summed E-state index contributed by atoms with van der Waals surface area (Å²) < 4.78 is 0.961. The van der Waals surface area contributed by atoms with Gasteiger partial charge < -0.3 is 15.5 Å². The average Bonchev–Trinajstić information content (AvgIpc) is 2.28. The van der Waals surface area contributed by atoms with E-state index in [1.165, 1.54) is 0 Å². The highest BCUT2D eigenvalue weighted by Crippen LogP contribution is 2.29. The van der Waals surface area contributed by atoms with E-state index in [4.69, 9.17) is 5.11 Å². The van der Waals surface area contributed by atoms with Gasteiger partial charge in [0, 0.05) is 22.7 Å². The lowest BCUT2D eigenvalue weighted by Crippen LogP contribution is -2.22. The first-order valence-corrected chi connectivity index (χ1v) is 6.31. The van der Waals surface area contributed by atoms with Gasteiger partial charge in [-0.2, -0.15) is 0 Å². The van der Waals surface area contributed by atoms with Crippen LogP contribution in [0, 0.1) is 0 Å². The first-order valence-electron chi connectivity index (χ1n) is 5.51. The normalized spacial score (nSPS) is 12.7. The number of rotatable bonds is 6. The number of hydrogen-bond acceptors (Lipinski definition) is 3. The third-order valence-electron chi connectivity index (χ3n) is 2.50. The quantitative estimate of drug-likeness (QED) is 0.705. The van der Waals surface area contributed by atoms with Crippen LogP contribution in [-0.4, -0.2) is 23.4 Å². The van der Waals surface area contributed by atoms with E-state index in [0.717, 1.165) is 29.4 Å². The van der Waals surface area contributed by atoms with E-state index in [-0.39, 0.29) is 12.6 Å². The van der Waals surface area contributed by atoms with E-state index >= 15 is 0 Å². The van der Waals surface area contributed by atoms with E-state index in [2.05, 4.69) is 28.2 Å². The number of halogens is 1.